The molecule has 0 fully saturated rings. The molecule has 0 radical (unpaired) electrons. The average molecular weight is 344 g/mol. The molecule has 0 aromatic carbocycles. The maximum atomic E-state index is 12.3. The van der Waals surface area contributed by atoms with Gasteiger partial charge in [-0.05, 0) is 31.5 Å². The monoisotopic (exact) mass is 344 g/mol. The van der Waals surface area contributed by atoms with E-state index in [0.717, 1.165) is 5.56 Å². The van der Waals surface area contributed by atoms with Crippen LogP contribution in [0.15, 0.2) is 30.7 Å². The smallest absolute Gasteiger partial charge is 0.287 e. The lowest BCUT2D eigenvalue weighted by Crippen LogP contribution is -2.32. The summed E-state index contributed by atoms with van der Waals surface area (Å²) in [6.45, 7) is 3.70. The second kappa shape index (κ2) is 7.45. The Morgan fingerprint density at radius 3 is 2.96 bits per heavy atom. The summed E-state index contributed by atoms with van der Waals surface area (Å²) in [4.78, 5) is 27.5. The number of imidazole rings is 1. The highest BCUT2D eigenvalue weighted by Gasteiger charge is 2.13. The number of nitrogens with one attached hydrogen (secondary N) is 2. The van der Waals surface area contributed by atoms with Gasteiger partial charge in [0, 0.05) is 36.6 Å². The molecule has 0 aliphatic heterocycles. The minimum absolute atomic E-state index is 0.163. The summed E-state index contributed by atoms with van der Waals surface area (Å²) < 4.78 is 0. The number of aromatic nitrogens is 4. The second-order valence-corrected chi connectivity index (χ2v) is 5.81. The van der Waals surface area contributed by atoms with Crippen molar-refractivity contribution in [3.63, 3.8) is 0 Å². The molecule has 0 spiro atoms. The molecule has 3 heterocycles. The van der Waals surface area contributed by atoms with E-state index in [0.29, 0.717) is 28.7 Å². The Balaban J connectivity index is 1.64. The third-order valence-electron chi connectivity index (χ3n) is 3.82. The maximum absolute atomic E-state index is 12.3. The summed E-state index contributed by atoms with van der Waals surface area (Å²) >= 11 is 0. The van der Waals surface area contributed by atoms with Gasteiger partial charge in [0.05, 0.1) is 11.1 Å². The number of carbonyl (C=O) groups is 1. The first kappa shape index (κ1) is 17.1. The van der Waals surface area contributed by atoms with Crippen molar-refractivity contribution >= 4 is 17.1 Å². The molecule has 3 aromatic heterocycles. The summed E-state index contributed by atoms with van der Waals surface area (Å²) in [7, 11) is 0. The molecule has 3 rings (SSSR count). The van der Waals surface area contributed by atoms with Crippen LogP contribution in [0.5, 0.6) is 0 Å². The lowest BCUT2D eigenvalue weighted by Gasteiger charge is -2.09. The Bertz CT molecular complexity index is 1030. The van der Waals surface area contributed by atoms with E-state index in [2.05, 4.69) is 43.2 Å². The van der Waals surface area contributed by atoms with Gasteiger partial charge in [-0.15, -0.1) is 0 Å². The Hall–Kier alpha value is -3.71. The van der Waals surface area contributed by atoms with Gasteiger partial charge in [0.15, 0.2) is 11.5 Å². The molecule has 7 nitrogen and oxygen atoms in total. The fourth-order valence-corrected chi connectivity index (χ4v) is 2.36. The SMILES string of the molecule is Cc1c(C#N)cncc1C#CC[C@H](C)NC(=O)c1nc2ncccc2[nH]1. The van der Waals surface area contributed by atoms with Crippen molar-refractivity contribution in [1.82, 2.24) is 25.3 Å². The van der Waals surface area contributed by atoms with Crippen LogP contribution in [0.25, 0.3) is 11.2 Å². The van der Waals surface area contributed by atoms with Crippen LogP contribution >= 0.6 is 0 Å². The van der Waals surface area contributed by atoms with E-state index in [1.807, 2.05) is 19.9 Å². The van der Waals surface area contributed by atoms with Crippen LogP contribution in [0.3, 0.4) is 0 Å². The van der Waals surface area contributed by atoms with Crippen molar-refractivity contribution in [3.05, 3.63) is 53.2 Å². The predicted molar refractivity (Wildman–Crippen MR) is 96.0 cm³/mol. The second-order valence-electron chi connectivity index (χ2n) is 5.81. The van der Waals surface area contributed by atoms with E-state index in [4.69, 9.17) is 5.26 Å². The lowest BCUT2D eigenvalue weighted by atomic mass is 10.1. The van der Waals surface area contributed by atoms with Crippen LogP contribution in [0.2, 0.25) is 0 Å². The van der Waals surface area contributed by atoms with Gasteiger partial charge in [0.2, 0.25) is 0 Å². The summed E-state index contributed by atoms with van der Waals surface area (Å²) in [6, 6.07) is 5.51. The molecule has 0 saturated carbocycles. The molecule has 1 atom stereocenters. The van der Waals surface area contributed by atoms with Crippen molar-refractivity contribution in [1.29, 1.82) is 5.26 Å². The number of hydrogen-bond donors (Lipinski definition) is 2. The fourth-order valence-electron chi connectivity index (χ4n) is 2.36. The topological polar surface area (TPSA) is 107 Å². The molecule has 0 bridgehead atoms. The van der Waals surface area contributed by atoms with Crippen LogP contribution in [0.1, 0.15) is 40.7 Å². The van der Waals surface area contributed by atoms with Gasteiger partial charge in [-0.1, -0.05) is 11.8 Å². The summed E-state index contributed by atoms with van der Waals surface area (Å²) in [5.74, 6) is 5.94. The number of nitrogens with zero attached hydrogens (tertiary/aromatic N) is 4. The first-order valence-corrected chi connectivity index (χ1v) is 8.03. The molecule has 128 valence electrons. The average Bonchev–Trinajstić information content (AvgIpc) is 3.07. The Morgan fingerprint density at radius 2 is 2.19 bits per heavy atom. The normalized spacial score (nSPS) is 11.3. The number of aromatic amines is 1. The van der Waals surface area contributed by atoms with Gasteiger partial charge < -0.3 is 10.3 Å². The van der Waals surface area contributed by atoms with Crippen molar-refractivity contribution < 1.29 is 4.79 Å². The zero-order valence-corrected chi connectivity index (χ0v) is 14.4. The minimum atomic E-state index is -0.304. The predicted octanol–water partition coefficient (Wildman–Crippen LogP) is 2.09. The third kappa shape index (κ3) is 3.68. The van der Waals surface area contributed by atoms with E-state index in [9.17, 15) is 4.79 Å². The Kier molecular flexibility index (Phi) is 4.91. The molecule has 7 heteroatoms. The Labute approximate surface area is 150 Å². The van der Waals surface area contributed by atoms with Gasteiger partial charge in [-0.25, -0.2) is 9.97 Å². The van der Waals surface area contributed by atoms with Crippen molar-refractivity contribution in [2.75, 3.05) is 0 Å². The highest BCUT2D eigenvalue weighted by atomic mass is 16.2. The maximum Gasteiger partial charge on any atom is 0.287 e. The van der Waals surface area contributed by atoms with Gasteiger partial charge in [-0.2, -0.15) is 5.26 Å². The van der Waals surface area contributed by atoms with E-state index >= 15 is 0 Å². The number of carbonyl (C=O) groups excluding carboxylic acids is 1. The zero-order valence-electron chi connectivity index (χ0n) is 14.4. The summed E-state index contributed by atoms with van der Waals surface area (Å²) in [6.07, 6.45) is 5.24. The minimum Gasteiger partial charge on any atom is -0.346 e. The van der Waals surface area contributed by atoms with Crippen LogP contribution in [-0.4, -0.2) is 31.9 Å². The molecule has 2 N–H and O–H groups in total. The number of pyridine rings is 2. The number of amides is 1. The molecule has 0 saturated heterocycles. The molecular weight excluding hydrogens is 328 g/mol. The van der Waals surface area contributed by atoms with Gasteiger partial charge in [0.25, 0.3) is 5.91 Å². The van der Waals surface area contributed by atoms with E-state index < -0.39 is 0 Å². The van der Waals surface area contributed by atoms with Gasteiger partial charge in [0.1, 0.15) is 6.07 Å². The molecule has 3 aromatic rings. The van der Waals surface area contributed by atoms with Crippen molar-refractivity contribution in [3.8, 4) is 17.9 Å². The zero-order chi connectivity index (χ0) is 18.5. The first-order valence-electron chi connectivity index (χ1n) is 8.03. The highest BCUT2D eigenvalue weighted by Crippen LogP contribution is 2.10. The molecular formula is C19H16N6O. The van der Waals surface area contributed by atoms with Gasteiger partial charge in [-0.3, -0.25) is 9.78 Å². The van der Waals surface area contributed by atoms with E-state index in [1.54, 1.807) is 18.5 Å². The molecule has 0 aliphatic carbocycles. The number of fused-ring (bicyclic) bond motifs is 1. The largest absolute Gasteiger partial charge is 0.346 e. The molecule has 0 unspecified atom stereocenters. The third-order valence-corrected chi connectivity index (χ3v) is 3.82. The summed E-state index contributed by atoms with van der Waals surface area (Å²) in [5.41, 5.74) is 3.25. The Morgan fingerprint density at radius 1 is 1.38 bits per heavy atom. The highest BCUT2D eigenvalue weighted by molar-refractivity contribution is 5.93. The van der Waals surface area contributed by atoms with E-state index in [1.165, 1.54) is 6.20 Å². The first-order chi connectivity index (χ1) is 12.6. The van der Waals surface area contributed by atoms with Crippen LogP contribution in [0.4, 0.5) is 0 Å². The number of nitriles is 1. The number of hydrogen-bond acceptors (Lipinski definition) is 5. The van der Waals surface area contributed by atoms with Crippen LogP contribution < -0.4 is 5.32 Å². The lowest BCUT2D eigenvalue weighted by molar-refractivity contribution is 0.0931. The van der Waals surface area contributed by atoms with Crippen molar-refractivity contribution in [2.45, 2.75) is 26.3 Å². The van der Waals surface area contributed by atoms with Crippen molar-refractivity contribution in [2.24, 2.45) is 0 Å². The van der Waals surface area contributed by atoms with Crippen LogP contribution in [0, 0.1) is 30.1 Å². The number of H-pyrrole nitrogens is 1. The molecule has 1 amide bonds. The van der Waals surface area contributed by atoms with Crippen LogP contribution in [-0.2, 0) is 0 Å². The molecule has 26 heavy (non-hydrogen) atoms. The quantitative estimate of drug-likeness (QED) is 0.708. The molecule has 0 aliphatic rings. The standard InChI is InChI=1S/C19H16N6O/c1-12(5-3-6-14-10-21-11-15(9-20)13(14)2)23-19(26)18-24-16-7-4-8-22-17(16)25-18/h4,7-8,10-12H,5H2,1-2H3,(H,23,26)(H,22,24,25)/t12-/m0/s1. The number of rotatable bonds is 3. The van der Waals surface area contributed by atoms with E-state index in [-0.39, 0.29) is 17.8 Å². The fraction of sp³-hybridized carbons (Fsp3) is 0.211. The summed E-state index contributed by atoms with van der Waals surface area (Å²) in [5, 5.41) is 11.9. The van der Waals surface area contributed by atoms with Gasteiger partial charge >= 0.3 is 0 Å².